The van der Waals surface area contributed by atoms with Crippen LogP contribution in [-0.2, 0) is 20.7 Å². The fourth-order valence-electron chi connectivity index (χ4n) is 3.95. The molecular formula is C27H35N3O6. The molecule has 0 atom stereocenters. The van der Waals surface area contributed by atoms with Gasteiger partial charge in [-0.1, -0.05) is 24.3 Å². The Morgan fingerprint density at radius 2 is 1.64 bits per heavy atom. The minimum Gasteiger partial charge on any atom is -0.490 e. The highest BCUT2D eigenvalue weighted by atomic mass is 16.5. The lowest BCUT2D eigenvalue weighted by Gasteiger charge is -2.30. The Kier molecular flexibility index (Phi) is 10.4. The minimum absolute atomic E-state index is 0.187. The van der Waals surface area contributed by atoms with Gasteiger partial charge in [0.15, 0.2) is 18.1 Å². The molecule has 9 nitrogen and oxygen atoms in total. The number of esters is 1. The average molecular weight is 498 g/mol. The molecule has 36 heavy (non-hydrogen) atoms. The maximum atomic E-state index is 12.4. The lowest BCUT2D eigenvalue weighted by Crippen LogP contribution is -2.43. The zero-order valence-corrected chi connectivity index (χ0v) is 21.0. The number of carbonyl (C=O) groups excluding carboxylic acids is 3. The second-order valence-electron chi connectivity index (χ2n) is 8.41. The molecule has 1 saturated heterocycles. The van der Waals surface area contributed by atoms with Crippen LogP contribution in [0.4, 0.5) is 10.5 Å². The quantitative estimate of drug-likeness (QED) is 0.459. The van der Waals surface area contributed by atoms with Gasteiger partial charge in [0.2, 0.25) is 0 Å². The number of para-hydroxylation sites is 1. The number of piperidine rings is 1. The van der Waals surface area contributed by atoms with Crippen molar-refractivity contribution in [2.45, 2.75) is 33.1 Å². The summed E-state index contributed by atoms with van der Waals surface area (Å²) in [4.78, 5) is 38.6. The zero-order valence-electron chi connectivity index (χ0n) is 21.0. The zero-order chi connectivity index (χ0) is 25.8. The molecule has 1 heterocycles. The van der Waals surface area contributed by atoms with Crippen molar-refractivity contribution in [2.75, 3.05) is 44.8 Å². The highest BCUT2D eigenvalue weighted by Gasteiger charge is 2.28. The highest BCUT2D eigenvalue weighted by molar-refractivity contribution is 5.89. The Labute approximate surface area is 212 Å². The van der Waals surface area contributed by atoms with Crippen LogP contribution in [0.2, 0.25) is 0 Å². The molecule has 0 aliphatic carbocycles. The third-order valence-corrected chi connectivity index (χ3v) is 5.83. The molecule has 0 saturated carbocycles. The Morgan fingerprint density at radius 3 is 2.33 bits per heavy atom. The van der Waals surface area contributed by atoms with Crippen LogP contribution in [0.15, 0.2) is 48.5 Å². The van der Waals surface area contributed by atoms with Gasteiger partial charge in [-0.3, -0.25) is 9.59 Å². The molecule has 0 aromatic heterocycles. The first-order valence-corrected chi connectivity index (χ1v) is 12.4. The molecule has 3 amide bonds. The summed E-state index contributed by atoms with van der Waals surface area (Å²) in [5.74, 6) is 0.307. The van der Waals surface area contributed by atoms with Gasteiger partial charge in [0.1, 0.15) is 0 Å². The standard InChI is InChI=1S/C27H35N3O6/c1-3-34-23-11-10-20(18-24(23)35-4-2)12-15-28-25(31)19-36-26(32)21-13-16-30(17-14-21)27(33)29-22-8-6-5-7-9-22/h5-11,18,21H,3-4,12-17,19H2,1-2H3,(H,28,31)(H,29,33). The van der Waals surface area contributed by atoms with Gasteiger partial charge in [-0.15, -0.1) is 0 Å². The molecular weight excluding hydrogens is 462 g/mol. The molecule has 0 spiro atoms. The van der Waals surface area contributed by atoms with Crippen molar-refractivity contribution in [3.8, 4) is 11.5 Å². The van der Waals surface area contributed by atoms with E-state index in [1.54, 1.807) is 4.90 Å². The van der Waals surface area contributed by atoms with Crippen LogP contribution in [0.25, 0.3) is 0 Å². The van der Waals surface area contributed by atoms with Gasteiger partial charge < -0.3 is 29.7 Å². The van der Waals surface area contributed by atoms with E-state index in [4.69, 9.17) is 14.2 Å². The van der Waals surface area contributed by atoms with Crippen molar-refractivity contribution in [1.29, 1.82) is 0 Å². The van der Waals surface area contributed by atoms with Crippen LogP contribution in [0.5, 0.6) is 11.5 Å². The SMILES string of the molecule is CCOc1ccc(CCNC(=O)COC(=O)C2CCN(C(=O)Nc3ccccc3)CC2)cc1OCC. The number of amides is 3. The van der Waals surface area contributed by atoms with Crippen LogP contribution in [0.1, 0.15) is 32.3 Å². The van der Waals surface area contributed by atoms with Crippen molar-refractivity contribution in [3.05, 3.63) is 54.1 Å². The fourth-order valence-corrected chi connectivity index (χ4v) is 3.95. The smallest absolute Gasteiger partial charge is 0.321 e. The van der Waals surface area contributed by atoms with E-state index in [-0.39, 0.29) is 24.5 Å². The molecule has 1 fully saturated rings. The van der Waals surface area contributed by atoms with Crippen LogP contribution in [0, 0.1) is 5.92 Å². The number of benzene rings is 2. The Bertz CT molecular complexity index is 1010. The Balaban J connectivity index is 1.34. The van der Waals surface area contributed by atoms with E-state index in [1.165, 1.54) is 0 Å². The van der Waals surface area contributed by atoms with E-state index in [1.807, 2.05) is 62.4 Å². The molecule has 2 aromatic rings. The lowest BCUT2D eigenvalue weighted by atomic mass is 9.97. The number of hydrogen-bond donors (Lipinski definition) is 2. The summed E-state index contributed by atoms with van der Waals surface area (Å²) in [5.41, 5.74) is 1.73. The van der Waals surface area contributed by atoms with E-state index in [0.29, 0.717) is 63.6 Å². The summed E-state index contributed by atoms with van der Waals surface area (Å²) >= 11 is 0. The minimum atomic E-state index is -0.402. The molecule has 194 valence electrons. The van der Waals surface area contributed by atoms with Crippen molar-refractivity contribution >= 4 is 23.6 Å². The van der Waals surface area contributed by atoms with Gasteiger partial charge in [-0.2, -0.15) is 0 Å². The second-order valence-corrected chi connectivity index (χ2v) is 8.41. The van der Waals surface area contributed by atoms with Gasteiger partial charge in [-0.25, -0.2) is 4.79 Å². The summed E-state index contributed by atoms with van der Waals surface area (Å²) in [6.07, 6.45) is 1.61. The summed E-state index contributed by atoms with van der Waals surface area (Å²) in [6.45, 7) is 5.91. The van der Waals surface area contributed by atoms with Crippen LogP contribution in [0.3, 0.4) is 0 Å². The van der Waals surface area contributed by atoms with E-state index in [2.05, 4.69) is 10.6 Å². The number of hydrogen-bond acceptors (Lipinski definition) is 6. The van der Waals surface area contributed by atoms with Gasteiger partial charge >= 0.3 is 12.0 Å². The first-order chi connectivity index (χ1) is 17.5. The van der Waals surface area contributed by atoms with E-state index >= 15 is 0 Å². The lowest BCUT2D eigenvalue weighted by molar-refractivity contribution is -0.153. The number of nitrogens with zero attached hydrogens (tertiary/aromatic N) is 1. The van der Waals surface area contributed by atoms with Crippen molar-refractivity contribution < 1.29 is 28.6 Å². The maximum absolute atomic E-state index is 12.4. The fraction of sp³-hybridized carbons (Fsp3) is 0.444. The molecule has 3 rings (SSSR count). The van der Waals surface area contributed by atoms with E-state index in [9.17, 15) is 14.4 Å². The molecule has 0 unspecified atom stereocenters. The van der Waals surface area contributed by atoms with E-state index < -0.39 is 5.97 Å². The molecule has 0 bridgehead atoms. The predicted molar refractivity (Wildman–Crippen MR) is 136 cm³/mol. The van der Waals surface area contributed by atoms with Gasteiger partial charge in [0, 0.05) is 25.3 Å². The van der Waals surface area contributed by atoms with Gasteiger partial charge in [0.25, 0.3) is 5.91 Å². The predicted octanol–water partition coefficient (Wildman–Crippen LogP) is 3.63. The van der Waals surface area contributed by atoms with Crippen LogP contribution >= 0.6 is 0 Å². The second kappa shape index (κ2) is 14.0. The molecule has 9 heteroatoms. The normalized spacial score (nSPS) is 13.6. The number of urea groups is 1. The van der Waals surface area contributed by atoms with Crippen molar-refractivity contribution in [1.82, 2.24) is 10.2 Å². The first-order valence-electron chi connectivity index (χ1n) is 12.4. The summed E-state index contributed by atoms with van der Waals surface area (Å²) in [6, 6.07) is 14.8. The average Bonchev–Trinajstić information content (AvgIpc) is 2.89. The number of likely N-dealkylation sites (tertiary alicyclic amines) is 1. The monoisotopic (exact) mass is 497 g/mol. The van der Waals surface area contributed by atoms with Crippen molar-refractivity contribution in [2.24, 2.45) is 5.92 Å². The van der Waals surface area contributed by atoms with Gasteiger partial charge in [0.05, 0.1) is 19.1 Å². The Hall–Kier alpha value is -3.75. The topological polar surface area (TPSA) is 106 Å². The summed E-state index contributed by atoms with van der Waals surface area (Å²) in [5, 5.41) is 5.63. The summed E-state index contributed by atoms with van der Waals surface area (Å²) < 4.78 is 16.4. The highest BCUT2D eigenvalue weighted by Crippen LogP contribution is 2.28. The molecule has 0 radical (unpaired) electrons. The third kappa shape index (κ3) is 8.18. The molecule has 2 aromatic carbocycles. The summed E-state index contributed by atoms with van der Waals surface area (Å²) in [7, 11) is 0. The number of ether oxygens (including phenoxy) is 3. The molecule has 1 aliphatic rings. The van der Waals surface area contributed by atoms with Crippen LogP contribution < -0.4 is 20.1 Å². The number of nitrogens with one attached hydrogen (secondary N) is 2. The number of anilines is 1. The van der Waals surface area contributed by atoms with Gasteiger partial charge in [-0.05, 0) is 62.9 Å². The largest absolute Gasteiger partial charge is 0.490 e. The van der Waals surface area contributed by atoms with E-state index in [0.717, 1.165) is 11.3 Å². The molecule has 1 aliphatic heterocycles. The first kappa shape index (κ1) is 26.8. The maximum Gasteiger partial charge on any atom is 0.321 e. The van der Waals surface area contributed by atoms with Crippen molar-refractivity contribution in [3.63, 3.8) is 0 Å². The number of carbonyl (C=O) groups is 3. The third-order valence-electron chi connectivity index (χ3n) is 5.83. The molecule has 2 N–H and O–H groups in total. The van der Waals surface area contributed by atoms with Crippen LogP contribution in [-0.4, -0.2) is 62.3 Å². The number of rotatable bonds is 11. The Morgan fingerprint density at radius 1 is 0.944 bits per heavy atom.